The van der Waals surface area contributed by atoms with Crippen LogP contribution in [0.3, 0.4) is 0 Å². The summed E-state index contributed by atoms with van der Waals surface area (Å²) in [6, 6.07) is 12.5. The number of halogens is 1. The number of nitrogens with zero attached hydrogens (tertiary/aromatic N) is 2. The largest absolute Gasteiger partial charge is 0.506 e. The Balaban J connectivity index is 0.000000276. The quantitative estimate of drug-likeness (QED) is 0.0453. The topological polar surface area (TPSA) is 251 Å². The van der Waals surface area contributed by atoms with Crippen LogP contribution in [0.25, 0.3) is 22.2 Å². The number of H-pyrrole nitrogens is 2. The minimum Gasteiger partial charge on any atom is -0.506 e. The number of aromatic hydroxyl groups is 1. The number of hydrogen-bond donors (Lipinski definition) is 5. The Morgan fingerprint density at radius 1 is 0.868 bits per heavy atom. The van der Waals surface area contributed by atoms with Gasteiger partial charge in [0, 0.05) is 25.3 Å². The van der Waals surface area contributed by atoms with Crippen LogP contribution in [0.5, 0.6) is 5.75 Å². The molecular formula is C22H23IN6O9. The average Bonchev–Trinajstić information content (AvgIpc) is 3.41. The van der Waals surface area contributed by atoms with Crippen LogP contribution >= 0.6 is 22.6 Å². The first-order valence-electron chi connectivity index (χ1n) is 10.4. The maximum absolute atomic E-state index is 10.7. The number of nitrogens with two attached hydrogens (primary N) is 2. The van der Waals surface area contributed by atoms with Crippen molar-refractivity contribution in [3.63, 3.8) is 0 Å². The van der Waals surface area contributed by atoms with Crippen LogP contribution in [0.4, 0.5) is 22.7 Å². The summed E-state index contributed by atoms with van der Waals surface area (Å²) in [5.41, 5.74) is 12.9. The summed E-state index contributed by atoms with van der Waals surface area (Å²) < 4.78 is 15.6. The molecule has 0 unspecified atom stereocenters. The van der Waals surface area contributed by atoms with Gasteiger partial charge in [0.25, 0.3) is 11.4 Å². The molecule has 0 saturated carbocycles. The van der Waals surface area contributed by atoms with Crippen molar-refractivity contribution in [1.82, 2.24) is 9.97 Å². The number of oxazole rings is 2. The highest BCUT2D eigenvalue weighted by Crippen LogP contribution is 2.24. The molecule has 2 aromatic heterocycles. The molecule has 5 aromatic rings. The van der Waals surface area contributed by atoms with Gasteiger partial charge >= 0.3 is 11.5 Å². The fraction of sp³-hybridized carbons (Fsp3) is 0.0909. The van der Waals surface area contributed by atoms with Crippen molar-refractivity contribution in [2.24, 2.45) is 0 Å². The summed E-state index contributed by atoms with van der Waals surface area (Å²) in [7, 11) is 0. The Morgan fingerprint density at radius 3 is 1.82 bits per heavy atom. The van der Waals surface area contributed by atoms with Crippen LogP contribution in [0.2, 0.25) is 0 Å². The number of benzene rings is 3. The van der Waals surface area contributed by atoms with Crippen LogP contribution in [0.15, 0.2) is 73.0 Å². The summed E-state index contributed by atoms with van der Waals surface area (Å²) in [6.45, 7) is 0. The highest BCUT2D eigenvalue weighted by Gasteiger charge is 2.09. The first-order valence-corrected chi connectivity index (χ1v) is 11.2. The molecule has 202 valence electrons. The minimum absolute atomic E-state index is 0. The van der Waals surface area contributed by atoms with Crippen LogP contribution in [-0.2, 0) is 0 Å². The third-order valence-corrected chi connectivity index (χ3v) is 4.29. The van der Waals surface area contributed by atoms with E-state index in [-0.39, 0.29) is 35.8 Å². The second kappa shape index (κ2) is 14.0. The summed E-state index contributed by atoms with van der Waals surface area (Å²) in [5.74, 6) is -1.33. The lowest BCUT2D eigenvalue weighted by Crippen LogP contribution is -1.92. The van der Waals surface area contributed by atoms with E-state index in [0.717, 1.165) is 6.07 Å². The first-order chi connectivity index (χ1) is 17.9. The van der Waals surface area contributed by atoms with Crippen molar-refractivity contribution < 1.29 is 25.2 Å². The van der Waals surface area contributed by atoms with E-state index in [1.807, 2.05) is 22.6 Å². The predicted octanol–water partition coefficient (Wildman–Crippen LogP) is 4.30. The highest BCUT2D eigenvalue weighted by molar-refractivity contribution is 14.1. The van der Waals surface area contributed by atoms with Gasteiger partial charge in [-0.05, 0) is 29.2 Å². The molecule has 0 amide bonds. The van der Waals surface area contributed by atoms with Crippen LogP contribution < -0.4 is 23.0 Å². The van der Waals surface area contributed by atoms with Crippen LogP contribution in [0.1, 0.15) is 8.80 Å². The number of aromatic amines is 2. The number of nitrogen functional groups attached to an aromatic ring is 2. The van der Waals surface area contributed by atoms with E-state index >= 15 is 0 Å². The van der Waals surface area contributed by atoms with E-state index in [2.05, 4.69) is 14.4 Å². The maximum atomic E-state index is 10.7. The van der Waals surface area contributed by atoms with E-state index in [1.165, 1.54) is 30.3 Å². The molecule has 3 aromatic carbocycles. The second-order valence-corrected chi connectivity index (χ2v) is 6.72. The second-order valence-electron chi connectivity index (χ2n) is 6.72. The number of hydrogen-bond acceptors (Lipinski definition) is 11. The Labute approximate surface area is 227 Å². The van der Waals surface area contributed by atoms with Gasteiger partial charge in [-0.1, -0.05) is 30.0 Å². The van der Waals surface area contributed by atoms with E-state index < -0.39 is 21.4 Å². The van der Waals surface area contributed by atoms with Crippen molar-refractivity contribution in [3.8, 4) is 5.75 Å². The Kier molecular flexibility index (Phi) is 10.8. The molecule has 0 spiro atoms. The summed E-state index contributed by atoms with van der Waals surface area (Å²) >= 11 is 1.96. The third kappa shape index (κ3) is 8.36. The van der Waals surface area contributed by atoms with Gasteiger partial charge in [-0.2, -0.15) is 0 Å². The molecule has 0 bridgehead atoms. The smallest absolute Gasteiger partial charge is 0.417 e. The van der Waals surface area contributed by atoms with Gasteiger partial charge in [0.05, 0.1) is 38.7 Å². The molecule has 0 aliphatic carbocycles. The molecule has 15 nitrogen and oxygen atoms in total. The molecule has 0 saturated heterocycles. The SMILES string of the molecule is C.Nc1ccc([N+](=O)[O-])cc1O.Nc1ccc2[nH]c(=O)oc2c1.O=c1[nH]c2ccc([N+](=O)[O-])cc2o1.[2H]CI. The molecule has 2 heterocycles. The normalized spacial score (nSPS) is 9.87. The number of nitrogens with one attached hydrogen (secondary N) is 2. The number of alkyl halides is 1. The fourth-order valence-corrected chi connectivity index (χ4v) is 2.66. The van der Waals surface area contributed by atoms with Crippen LogP contribution in [0, 0.1) is 20.2 Å². The number of rotatable bonds is 2. The van der Waals surface area contributed by atoms with Gasteiger partial charge in [0.1, 0.15) is 5.75 Å². The zero-order valence-electron chi connectivity index (χ0n) is 19.5. The van der Waals surface area contributed by atoms with Gasteiger partial charge < -0.3 is 25.4 Å². The standard InChI is InChI=1S/C7H4N2O4.C7H6N2O2.C6H6N2O3.CH3I.CH4/c10-7-8-5-2-1-4(9(11)12)3-6(5)13-7;8-4-1-2-5-6(3-4)11-7(10)9-5;7-5-2-1-4(8(10)11)3-6(5)9;1-2;/h1-3H,(H,8,10);1-3H,8H2,(H,9,10);1-3,9H,7H2;1H3;1H4/i;;;1D;. The lowest BCUT2D eigenvalue weighted by atomic mass is 10.3. The number of anilines is 2. The molecule has 5 rings (SSSR count). The molecule has 7 N–H and O–H groups in total. The number of aromatic nitrogens is 2. The minimum atomic E-state index is -0.615. The Morgan fingerprint density at radius 2 is 1.32 bits per heavy atom. The molecule has 0 radical (unpaired) electrons. The Hall–Kier alpha value is -4.87. The lowest BCUT2D eigenvalue weighted by molar-refractivity contribution is -0.385. The van der Waals surface area contributed by atoms with Crippen molar-refractivity contribution in [2.45, 2.75) is 7.43 Å². The zero-order chi connectivity index (χ0) is 28.4. The first kappa shape index (κ1) is 29.4. The van der Waals surface area contributed by atoms with Gasteiger partial charge in [0.15, 0.2) is 11.2 Å². The summed E-state index contributed by atoms with van der Waals surface area (Å²) in [4.78, 5) is 46.0. The number of nitro groups is 2. The Bertz CT molecular complexity index is 1680. The monoisotopic (exact) mass is 643 g/mol. The summed E-state index contributed by atoms with van der Waals surface area (Å²) in [5, 5.41) is 29.4. The number of phenols is 1. The third-order valence-electron chi connectivity index (χ3n) is 4.29. The fourth-order valence-electron chi connectivity index (χ4n) is 2.66. The number of nitro benzene ring substituents is 2. The van der Waals surface area contributed by atoms with E-state index in [1.54, 1.807) is 18.2 Å². The molecule has 38 heavy (non-hydrogen) atoms. The van der Waals surface area contributed by atoms with E-state index in [4.69, 9.17) is 22.4 Å². The predicted molar refractivity (Wildman–Crippen MR) is 151 cm³/mol. The van der Waals surface area contributed by atoms with E-state index in [9.17, 15) is 29.8 Å². The van der Waals surface area contributed by atoms with Crippen LogP contribution in [-0.4, -0.2) is 29.8 Å². The molecule has 0 aliphatic rings. The molecular weight excluding hydrogens is 619 g/mol. The summed E-state index contributed by atoms with van der Waals surface area (Å²) in [6.07, 6.45) is 0. The van der Waals surface area contributed by atoms with Gasteiger partial charge in [-0.25, -0.2) is 9.59 Å². The molecule has 16 heteroatoms. The average molecular weight is 643 g/mol. The highest BCUT2D eigenvalue weighted by atomic mass is 127. The van der Waals surface area contributed by atoms with Gasteiger partial charge in [-0.3, -0.25) is 30.2 Å². The zero-order valence-corrected chi connectivity index (χ0v) is 20.7. The van der Waals surface area contributed by atoms with Crippen molar-refractivity contribution in [1.29, 1.82) is 0 Å². The van der Waals surface area contributed by atoms with Gasteiger partial charge in [-0.15, -0.1) is 0 Å². The van der Waals surface area contributed by atoms with Crippen molar-refractivity contribution in [3.05, 3.63) is 95.9 Å². The van der Waals surface area contributed by atoms with Gasteiger partial charge in [0.2, 0.25) is 0 Å². The van der Waals surface area contributed by atoms with Crippen molar-refractivity contribution in [2.75, 3.05) is 16.4 Å². The maximum Gasteiger partial charge on any atom is 0.417 e. The number of phenolic OH excluding ortho intramolecular Hbond substituents is 1. The lowest BCUT2D eigenvalue weighted by Gasteiger charge is -1.95. The molecule has 0 atom stereocenters. The molecule has 0 fully saturated rings. The molecule has 0 aliphatic heterocycles. The van der Waals surface area contributed by atoms with E-state index in [0.29, 0.717) is 27.2 Å². The number of fused-ring (bicyclic) bond motifs is 2. The number of non-ortho nitro benzene ring substituents is 2. The van der Waals surface area contributed by atoms with Crippen molar-refractivity contribution >= 4 is 67.5 Å².